The van der Waals surface area contributed by atoms with Gasteiger partial charge in [0.25, 0.3) is 0 Å². The highest BCUT2D eigenvalue weighted by atomic mass is 16.2. The van der Waals surface area contributed by atoms with Crippen LogP contribution >= 0.6 is 0 Å². The molecule has 0 fully saturated rings. The van der Waals surface area contributed by atoms with E-state index in [1.807, 2.05) is 82.3 Å². The third kappa shape index (κ3) is 6.04. The van der Waals surface area contributed by atoms with Crippen molar-refractivity contribution in [3.05, 3.63) is 71.4 Å². The fraction of sp³-hybridized carbons (Fsp3) is 0.370. The van der Waals surface area contributed by atoms with Crippen LogP contribution in [0.1, 0.15) is 51.4 Å². The van der Waals surface area contributed by atoms with Gasteiger partial charge in [-0.05, 0) is 51.5 Å². The molecule has 3 amide bonds. The van der Waals surface area contributed by atoms with Crippen LogP contribution in [0.2, 0.25) is 0 Å². The number of hydrogen-bond donors (Lipinski definition) is 2. The summed E-state index contributed by atoms with van der Waals surface area (Å²) >= 11 is 0. The summed E-state index contributed by atoms with van der Waals surface area (Å²) in [5.74, 6) is 0.282. The van der Waals surface area contributed by atoms with Gasteiger partial charge in [0.1, 0.15) is 12.4 Å². The van der Waals surface area contributed by atoms with Crippen LogP contribution in [-0.2, 0) is 10.2 Å². The first kappa shape index (κ1) is 25.0. The zero-order chi connectivity index (χ0) is 25.0. The normalized spacial score (nSPS) is 11.4. The second-order valence-corrected chi connectivity index (χ2v) is 9.93. The Balaban J connectivity index is 1.81. The summed E-state index contributed by atoms with van der Waals surface area (Å²) in [5.41, 5.74) is 4.36. The number of nitrogens with zero attached hydrogens (tertiary/aromatic N) is 3. The standard InChI is InChI=1S/C27H35N5O2/c1-18(2)31(26(34)28-22-11-9-8-10-20(22)4)17-25(33)29-24-16-23(27(5,6)7)30-32(24)21-14-12-19(3)13-15-21/h8-16,18H,17H2,1-7H3,(H,28,34)(H,29,33). The van der Waals surface area contributed by atoms with Gasteiger partial charge < -0.3 is 15.5 Å². The maximum atomic E-state index is 13.1. The van der Waals surface area contributed by atoms with E-state index in [1.54, 1.807) is 4.68 Å². The second kappa shape index (κ2) is 10.1. The molecule has 3 aromatic rings. The molecule has 0 saturated heterocycles. The van der Waals surface area contributed by atoms with E-state index in [1.165, 1.54) is 4.90 Å². The maximum absolute atomic E-state index is 13.1. The minimum absolute atomic E-state index is 0.0840. The molecule has 0 aliphatic rings. The fourth-order valence-corrected chi connectivity index (χ4v) is 3.45. The van der Waals surface area contributed by atoms with E-state index in [0.29, 0.717) is 5.82 Å². The Morgan fingerprint density at radius 2 is 1.65 bits per heavy atom. The van der Waals surface area contributed by atoms with Gasteiger partial charge in [-0.15, -0.1) is 0 Å². The topological polar surface area (TPSA) is 79.3 Å². The largest absolute Gasteiger partial charge is 0.322 e. The molecule has 0 saturated carbocycles. The summed E-state index contributed by atoms with van der Waals surface area (Å²) in [5, 5.41) is 10.6. The van der Waals surface area contributed by atoms with Crippen LogP contribution in [0.3, 0.4) is 0 Å². The summed E-state index contributed by atoms with van der Waals surface area (Å²) in [6.45, 7) is 13.9. The minimum Gasteiger partial charge on any atom is -0.313 e. The lowest BCUT2D eigenvalue weighted by molar-refractivity contribution is -0.117. The van der Waals surface area contributed by atoms with Crippen LogP contribution in [0.15, 0.2) is 54.6 Å². The van der Waals surface area contributed by atoms with Crippen LogP contribution in [-0.4, -0.2) is 39.2 Å². The minimum atomic E-state index is -0.318. The first-order valence-electron chi connectivity index (χ1n) is 11.6. The number of carbonyl (C=O) groups excluding carboxylic acids is 2. The molecular weight excluding hydrogens is 426 g/mol. The first-order chi connectivity index (χ1) is 16.0. The maximum Gasteiger partial charge on any atom is 0.322 e. The number of urea groups is 1. The Hall–Kier alpha value is -3.61. The van der Waals surface area contributed by atoms with Crippen molar-refractivity contribution in [3.8, 4) is 5.69 Å². The Kier molecular flexibility index (Phi) is 7.44. The predicted molar refractivity (Wildman–Crippen MR) is 138 cm³/mol. The zero-order valence-corrected chi connectivity index (χ0v) is 21.1. The molecule has 2 N–H and O–H groups in total. The van der Waals surface area contributed by atoms with Crippen molar-refractivity contribution in [1.82, 2.24) is 14.7 Å². The molecule has 7 heteroatoms. The average Bonchev–Trinajstić information content (AvgIpc) is 3.18. The third-order valence-corrected chi connectivity index (χ3v) is 5.61. The van der Waals surface area contributed by atoms with E-state index in [2.05, 4.69) is 31.4 Å². The van der Waals surface area contributed by atoms with Crippen molar-refractivity contribution in [3.63, 3.8) is 0 Å². The van der Waals surface area contributed by atoms with E-state index in [0.717, 1.165) is 28.2 Å². The molecule has 0 aliphatic carbocycles. The summed E-state index contributed by atoms with van der Waals surface area (Å²) in [6.07, 6.45) is 0. The average molecular weight is 462 g/mol. The number of para-hydroxylation sites is 1. The summed E-state index contributed by atoms with van der Waals surface area (Å²) in [6, 6.07) is 16.9. The highest BCUT2D eigenvalue weighted by Crippen LogP contribution is 2.26. The molecule has 0 aliphatic heterocycles. The number of benzene rings is 2. The van der Waals surface area contributed by atoms with Gasteiger partial charge >= 0.3 is 6.03 Å². The Morgan fingerprint density at radius 1 is 1.00 bits per heavy atom. The summed E-state index contributed by atoms with van der Waals surface area (Å²) < 4.78 is 1.74. The van der Waals surface area contributed by atoms with Gasteiger partial charge in [-0.1, -0.05) is 56.7 Å². The molecular formula is C27H35N5O2. The molecule has 0 spiro atoms. The van der Waals surface area contributed by atoms with E-state index >= 15 is 0 Å². The first-order valence-corrected chi connectivity index (χ1v) is 11.6. The number of rotatable bonds is 6. The number of carbonyl (C=O) groups is 2. The van der Waals surface area contributed by atoms with Gasteiger partial charge in [0, 0.05) is 23.2 Å². The molecule has 2 aromatic carbocycles. The van der Waals surface area contributed by atoms with Gasteiger partial charge in [0.05, 0.1) is 11.4 Å². The number of aryl methyl sites for hydroxylation is 2. The summed E-state index contributed by atoms with van der Waals surface area (Å²) in [7, 11) is 0. The predicted octanol–water partition coefficient (Wildman–Crippen LogP) is 5.67. The lowest BCUT2D eigenvalue weighted by Gasteiger charge is -2.26. The molecule has 34 heavy (non-hydrogen) atoms. The molecule has 0 radical (unpaired) electrons. The Labute approximate surface area is 202 Å². The molecule has 7 nitrogen and oxygen atoms in total. The van der Waals surface area contributed by atoms with E-state index in [4.69, 9.17) is 5.10 Å². The van der Waals surface area contributed by atoms with Gasteiger partial charge in [-0.25, -0.2) is 9.48 Å². The van der Waals surface area contributed by atoms with E-state index in [-0.39, 0.29) is 29.9 Å². The molecule has 180 valence electrons. The van der Waals surface area contributed by atoms with Gasteiger partial charge in [-0.3, -0.25) is 4.79 Å². The van der Waals surface area contributed by atoms with Crippen LogP contribution < -0.4 is 10.6 Å². The van der Waals surface area contributed by atoms with Gasteiger partial charge in [-0.2, -0.15) is 5.10 Å². The third-order valence-electron chi connectivity index (χ3n) is 5.61. The van der Waals surface area contributed by atoms with E-state index < -0.39 is 0 Å². The number of hydrogen-bond acceptors (Lipinski definition) is 3. The van der Waals surface area contributed by atoms with Crippen LogP contribution in [0, 0.1) is 13.8 Å². The van der Waals surface area contributed by atoms with Gasteiger partial charge in [0.2, 0.25) is 5.91 Å². The van der Waals surface area contributed by atoms with Gasteiger partial charge in [0.15, 0.2) is 0 Å². The van der Waals surface area contributed by atoms with Crippen LogP contribution in [0.4, 0.5) is 16.3 Å². The molecule has 0 unspecified atom stereocenters. The fourth-order valence-electron chi connectivity index (χ4n) is 3.45. The molecule has 0 bridgehead atoms. The Bertz CT molecular complexity index is 1160. The van der Waals surface area contributed by atoms with Crippen molar-refractivity contribution in [2.24, 2.45) is 0 Å². The van der Waals surface area contributed by atoms with Crippen molar-refractivity contribution in [2.75, 3.05) is 17.2 Å². The second-order valence-electron chi connectivity index (χ2n) is 9.93. The SMILES string of the molecule is Cc1ccc(-n2nc(C(C)(C)C)cc2NC(=O)CN(C(=O)Nc2ccccc2C)C(C)C)cc1. The highest BCUT2D eigenvalue weighted by Gasteiger charge is 2.24. The van der Waals surface area contributed by atoms with Crippen molar-refractivity contribution in [2.45, 2.75) is 59.9 Å². The number of anilines is 2. The number of nitrogens with one attached hydrogen (secondary N) is 2. The number of amides is 3. The summed E-state index contributed by atoms with van der Waals surface area (Å²) in [4.78, 5) is 27.6. The Morgan fingerprint density at radius 3 is 2.24 bits per heavy atom. The number of aromatic nitrogens is 2. The van der Waals surface area contributed by atoms with Crippen LogP contribution in [0.5, 0.6) is 0 Å². The molecule has 0 atom stereocenters. The lowest BCUT2D eigenvalue weighted by Crippen LogP contribution is -2.44. The van der Waals surface area contributed by atoms with Crippen molar-refractivity contribution in [1.29, 1.82) is 0 Å². The highest BCUT2D eigenvalue weighted by molar-refractivity contribution is 5.97. The lowest BCUT2D eigenvalue weighted by atomic mass is 9.92. The van der Waals surface area contributed by atoms with Crippen molar-refractivity contribution < 1.29 is 9.59 Å². The van der Waals surface area contributed by atoms with Crippen LogP contribution in [0.25, 0.3) is 5.69 Å². The monoisotopic (exact) mass is 461 g/mol. The smallest absolute Gasteiger partial charge is 0.313 e. The quantitative estimate of drug-likeness (QED) is 0.497. The zero-order valence-electron chi connectivity index (χ0n) is 21.1. The van der Waals surface area contributed by atoms with Crippen molar-refractivity contribution >= 4 is 23.4 Å². The molecule has 1 aromatic heterocycles. The van der Waals surface area contributed by atoms with E-state index in [9.17, 15) is 9.59 Å². The molecule has 1 heterocycles. The molecule has 3 rings (SSSR count).